The smallest absolute Gasteiger partial charge is 0.287 e. The molecule has 0 aliphatic heterocycles. The van der Waals surface area contributed by atoms with Crippen LogP contribution in [-0.4, -0.2) is 4.92 Å². The molecular formula is C15H15BrN2O3. The summed E-state index contributed by atoms with van der Waals surface area (Å²) in [6.45, 7) is 1.99. The number of hydrogen-bond acceptors (Lipinski definition) is 4. The summed E-state index contributed by atoms with van der Waals surface area (Å²) in [4.78, 5) is 10.5. The number of nitrogens with two attached hydrogens (primary N) is 1. The Hall–Kier alpha value is -1.92. The van der Waals surface area contributed by atoms with Crippen LogP contribution in [0.1, 0.15) is 24.9 Å². The van der Waals surface area contributed by atoms with Crippen LogP contribution in [-0.2, 0) is 0 Å². The van der Waals surface area contributed by atoms with E-state index in [0.29, 0.717) is 16.0 Å². The fourth-order valence-corrected chi connectivity index (χ4v) is 2.43. The predicted molar refractivity (Wildman–Crippen MR) is 84.5 cm³/mol. The van der Waals surface area contributed by atoms with E-state index in [4.69, 9.17) is 10.5 Å². The minimum absolute atomic E-state index is 0.0372. The zero-order valence-electron chi connectivity index (χ0n) is 11.5. The quantitative estimate of drug-likeness (QED) is 0.633. The molecule has 0 fully saturated rings. The van der Waals surface area contributed by atoms with Crippen molar-refractivity contribution in [1.82, 2.24) is 0 Å². The molecule has 0 amide bonds. The van der Waals surface area contributed by atoms with Gasteiger partial charge in [-0.1, -0.05) is 31.2 Å². The summed E-state index contributed by atoms with van der Waals surface area (Å²) >= 11 is 3.22. The van der Waals surface area contributed by atoms with E-state index in [0.717, 1.165) is 12.0 Å². The number of nitrogens with zero attached hydrogens (tertiary/aromatic N) is 1. The Bertz CT molecular complexity index is 661. The Labute approximate surface area is 131 Å². The van der Waals surface area contributed by atoms with Crippen molar-refractivity contribution >= 4 is 21.6 Å². The third-order valence-corrected chi connectivity index (χ3v) is 3.91. The van der Waals surface area contributed by atoms with Gasteiger partial charge in [-0.3, -0.25) is 10.1 Å². The first-order valence-electron chi connectivity index (χ1n) is 6.49. The largest absolute Gasteiger partial charge is 0.456 e. The SMILES string of the molecule is CC[C@H](N)c1ccccc1Oc1cccc([N+](=O)[O-])c1Br. The van der Waals surface area contributed by atoms with Gasteiger partial charge in [-0.2, -0.15) is 0 Å². The first kappa shape index (κ1) is 15.5. The normalized spacial score (nSPS) is 12.0. The summed E-state index contributed by atoms with van der Waals surface area (Å²) < 4.78 is 6.14. The number of hydrogen-bond donors (Lipinski definition) is 1. The molecule has 6 heteroatoms. The maximum absolute atomic E-state index is 10.9. The van der Waals surface area contributed by atoms with Crippen LogP contribution < -0.4 is 10.5 Å². The van der Waals surface area contributed by atoms with E-state index >= 15 is 0 Å². The van der Waals surface area contributed by atoms with Gasteiger partial charge in [0.25, 0.3) is 5.69 Å². The molecule has 0 aliphatic carbocycles. The van der Waals surface area contributed by atoms with E-state index in [1.165, 1.54) is 6.07 Å². The van der Waals surface area contributed by atoms with Gasteiger partial charge in [0.2, 0.25) is 0 Å². The van der Waals surface area contributed by atoms with Crippen molar-refractivity contribution in [3.05, 3.63) is 62.6 Å². The molecule has 5 nitrogen and oxygen atoms in total. The van der Waals surface area contributed by atoms with E-state index in [-0.39, 0.29) is 11.7 Å². The van der Waals surface area contributed by atoms with Crippen molar-refractivity contribution in [2.24, 2.45) is 5.73 Å². The summed E-state index contributed by atoms with van der Waals surface area (Å²) in [6.07, 6.45) is 0.774. The lowest BCUT2D eigenvalue weighted by Gasteiger charge is -2.16. The van der Waals surface area contributed by atoms with Gasteiger partial charge in [0.05, 0.1) is 4.92 Å². The highest BCUT2D eigenvalue weighted by Gasteiger charge is 2.18. The molecule has 2 rings (SSSR count). The van der Waals surface area contributed by atoms with Crippen LogP contribution in [0.25, 0.3) is 0 Å². The number of nitro groups is 1. The Balaban J connectivity index is 2.40. The number of halogens is 1. The maximum Gasteiger partial charge on any atom is 0.287 e. The number of ether oxygens (including phenoxy) is 1. The fourth-order valence-electron chi connectivity index (χ4n) is 1.94. The number of nitro benzene ring substituents is 1. The lowest BCUT2D eigenvalue weighted by Crippen LogP contribution is -2.09. The number of benzene rings is 2. The second-order valence-electron chi connectivity index (χ2n) is 4.50. The standard InChI is InChI=1S/C15H15BrN2O3/c1-2-11(17)10-6-3-4-8-13(10)21-14-9-5-7-12(15(14)16)18(19)20/h3-9,11H,2,17H2,1H3/t11-/m0/s1. The Morgan fingerprint density at radius 3 is 2.57 bits per heavy atom. The predicted octanol–water partition coefficient (Wildman–Crippen LogP) is 4.56. The molecule has 0 unspecified atom stereocenters. The highest BCUT2D eigenvalue weighted by atomic mass is 79.9. The molecule has 2 N–H and O–H groups in total. The van der Waals surface area contributed by atoms with E-state index in [2.05, 4.69) is 15.9 Å². The third kappa shape index (κ3) is 3.40. The number of para-hydroxylation sites is 1. The molecule has 0 saturated carbocycles. The molecule has 0 saturated heterocycles. The zero-order valence-corrected chi connectivity index (χ0v) is 13.0. The Morgan fingerprint density at radius 1 is 1.24 bits per heavy atom. The van der Waals surface area contributed by atoms with Gasteiger partial charge >= 0.3 is 0 Å². The first-order chi connectivity index (χ1) is 10.0. The van der Waals surface area contributed by atoms with Crippen molar-refractivity contribution in [3.8, 4) is 11.5 Å². The number of rotatable bonds is 5. The highest BCUT2D eigenvalue weighted by Crippen LogP contribution is 2.38. The second-order valence-corrected chi connectivity index (χ2v) is 5.29. The lowest BCUT2D eigenvalue weighted by atomic mass is 10.0. The van der Waals surface area contributed by atoms with Crippen molar-refractivity contribution in [3.63, 3.8) is 0 Å². The molecule has 2 aromatic rings. The van der Waals surface area contributed by atoms with Crippen molar-refractivity contribution in [2.75, 3.05) is 0 Å². The summed E-state index contributed by atoms with van der Waals surface area (Å²) in [6, 6.07) is 12.0. The van der Waals surface area contributed by atoms with E-state index in [1.807, 2.05) is 25.1 Å². The highest BCUT2D eigenvalue weighted by molar-refractivity contribution is 9.10. The van der Waals surface area contributed by atoms with E-state index < -0.39 is 4.92 Å². The minimum Gasteiger partial charge on any atom is -0.456 e. The maximum atomic E-state index is 10.9. The zero-order chi connectivity index (χ0) is 15.4. The average molecular weight is 351 g/mol. The molecular weight excluding hydrogens is 336 g/mol. The van der Waals surface area contributed by atoms with Gasteiger partial charge in [-0.15, -0.1) is 0 Å². The van der Waals surface area contributed by atoms with Crippen LogP contribution >= 0.6 is 15.9 Å². The van der Waals surface area contributed by atoms with Crippen molar-refractivity contribution < 1.29 is 9.66 Å². The second kappa shape index (κ2) is 6.69. The van der Waals surface area contributed by atoms with Crippen LogP contribution in [0, 0.1) is 10.1 Å². The fraction of sp³-hybridized carbons (Fsp3) is 0.200. The molecule has 0 heterocycles. The molecule has 110 valence electrons. The molecule has 1 atom stereocenters. The monoisotopic (exact) mass is 350 g/mol. The van der Waals surface area contributed by atoms with Gasteiger partial charge in [0, 0.05) is 17.7 Å². The van der Waals surface area contributed by atoms with Gasteiger partial charge in [-0.05, 0) is 34.5 Å². The molecule has 21 heavy (non-hydrogen) atoms. The van der Waals surface area contributed by atoms with Gasteiger partial charge in [-0.25, -0.2) is 0 Å². The molecule has 2 aromatic carbocycles. The van der Waals surface area contributed by atoms with Gasteiger partial charge < -0.3 is 10.5 Å². The summed E-state index contributed by atoms with van der Waals surface area (Å²) in [5.41, 5.74) is 6.90. The Morgan fingerprint density at radius 2 is 1.90 bits per heavy atom. The molecule has 0 aliphatic rings. The van der Waals surface area contributed by atoms with E-state index in [9.17, 15) is 10.1 Å². The molecule has 0 aromatic heterocycles. The van der Waals surface area contributed by atoms with Gasteiger partial charge in [0.15, 0.2) is 0 Å². The summed E-state index contributed by atoms with van der Waals surface area (Å²) in [5.74, 6) is 0.994. The van der Waals surface area contributed by atoms with Crippen LogP contribution in [0.15, 0.2) is 46.9 Å². The molecule has 0 bridgehead atoms. The first-order valence-corrected chi connectivity index (χ1v) is 7.29. The third-order valence-electron chi connectivity index (χ3n) is 3.12. The lowest BCUT2D eigenvalue weighted by molar-refractivity contribution is -0.385. The van der Waals surface area contributed by atoms with Crippen molar-refractivity contribution in [2.45, 2.75) is 19.4 Å². The van der Waals surface area contributed by atoms with Crippen LogP contribution in [0.2, 0.25) is 0 Å². The topological polar surface area (TPSA) is 78.4 Å². The molecule has 0 spiro atoms. The average Bonchev–Trinajstić information content (AvgIpc) is 2.49. The summed E-state index contributed by atoms with van der Waals surface area (Å²) in [5, 5.41) is 10.9. The van der Waals surface area contributed by atoms with Crippen LogP contribution in [0.5, 0.6) is 11.5 Å². The van der Waals surface area contributed by atoms with E-state index in [1.54, 1.807) is 18.2 Å². The minimum atomic E-state index is -0.458. The van der Waals surface area contributed by atoms with Crippen molar-refractivity contribution in [1.29, 1.82) is 0 Å². The van der Waals surface area contributed by atoms with Crippen LogP contribution in [0.3, 0.4) is 0 Å². The molecule has 0 radical (unpaired) electrons. The van der Waals surface area contributed by atoms with Crippen LogP contribution in [0.4, 0.5) is 5.69 Å². The summed E-state index contributed by atoms with van der Waals surface area (Å²) in [7, 11) is 0. The Kier molecular flexibility index (Phi) is 4.93. The van der Waals surface area contributed by atoms with Gasteiger partial charge in [0.1, 0.15) is 16.0 Å².